The Morgan fingerprint density at radius 2 is 1.64 bits per heavy atom. The molecule has 3 aromatic carbocycles. The van der Waals surface area contributed by atoms with E-state index in [1.54, 1.807) is 28.5 Å². The summed E-state index contributed by atoms with van der Waals surface area (Å²) in [6.45, 7) is 3.15. The van der Waals surface area contributed by atoms with Crippen molar-refractivity contribution in [2.45, 2.75) is 25.8 Å². The van der Waals surface area contributed by atoms with Gasteiger partial charge >= 0.3 is 6.18 Å². The predicted molar refractivity (Wildman–Crippen MR) is 160 cm³/mol. The number of ether oxygens (including phenoxy) is 2. The van der Waals surface area contributed by atoms with E-state index in [2.05, 4.69) is 9.88 Å². The van der Waals surface area contributed by atoms with Gasteiger partial charge in [-0.2, -0.15) is 13.2 Å². The summed E-state index contributed by atoms with van der Waals surface area (Å²) in [5, 5.41) is 13.3. The fraction of sp³-hybridized carbons (Fsp3) is 0.290. The molecular weight excluding hydrogens is 611 g/mol. The number of halogens is 3. The van der Waals surface area contributed by atoms with E-state index in [0.29, 0.717) is 67.0 Å². The Bertz CT molecular complexity index is 1690. The van der Waals surface area contributed by atoms with E-state index in [9.17, 15) is 28.1 Å². The van der Waals surface area contributed by atoms with Crippen LogP contribution < -0.4 is 14.4 Å². The smallest absolute Gasteiger partial charge is 0.416 e. The van der Waals surface area contributed by atoms with Crippen LogP contribution in [0.5, 0.6) is 11.5 Å². The molecule has 10 nitrogen and oxygen atoms in total. The van der Waals surface area contributed by atoms with Gasteiger partial charge in [-0.3, -0.25) is 19.8 Å². The van der Waals surface area contributed by atoms with Crippen LogP contribution in [0, 0.1) is 10.1 Å². The number of rotatable bonds is 9. The molecule has 6 rings (SSSR count). The second-order valence-electron chi connectivity index (χ2n) is 10.7. The van der Waals surface area contributed by atoms with Gasteiger partial charge in [0.2, 0.25) is 6.79 Å². The number of nitrogens with zero attached hydrogens (tertiary/aromatic N) is 5. The Morgan fingerprint density at radius 3 is 2.36 bits per heavy atom. The summed E-state index contributed by atoms with van der Waals surface area (Å²) in [4.78, 5) is 34.2. The lowest BCUT2D eigenvalue weighted by molar-refractivity contribution is -0.384. The molecule has 4 aromatic rings. The van der Waals surface area contributed by atoms with Crippen molar-refractivity contribution in [1.82, 2.24) is 14.8 Å². The minimum absolute atomic E-state index is 0.0242. The minimum Gasteiger partial charge on any atom is -0.454 e. The number of non-ortho nitro benzene ring substituents is 1. The molecule has 1 amide bonds. The topological polar surface area (TPSA) is 101 Å². The Labute approximate surface area is 260 Å². The summed E-state index contributed by atoms with van der Waals surface area (Å²) in [6, 6.07) is 17.2. The molecule has 0 radical (unpaired) electrons. The number of nitro benzene ring substituents is 1. The van der Waals surface area contributed by atoms with Crippen molar-refractivity contribution in [3.05, 3.63) is 110 Å². The highest BCUT2D eigenvalue weighted by Crippen LogP contribution is 2.34. The highest BCUT2D eigenvalue weighted by Gasteiger charge is 2.30. The van der Waals surface area contributed by atoms with Gasteiger partial charge in [-0.15, -0.1) is 11.3 Å². The molecule has 0 saturated carbocycles. The number of hydrogen-bond donors (Lipinski definition) is 0. The molecule has 0 N–H and O–H groups in total. The van der Waals surface area contributed by atoms with Crippen molar-refractivity contribution in [3.63, 3.8) is 0 Å². The summed E-state index contributed by atoms with van der Waals surface area (Å²) in [7, 11) is 0. The molecule has 1 saturated heterocycles. The Balaban J connectivity index is 1.13. The zero-order valence-electron chi connectivity index (χ0n) is 23.9. The van der Waals surface area contributed by atoms with Gasteiger partial charge in [0.25, 0.3) is 11.6 Å². The quantitative estimate of drug-likeness (QED) is 0.163. The van der Waals surface area contributed by atoms with Crippen LogP contribution >= 0.6 is 11.3 Å². The van der Waals surface area contributed by atoms with E-state index in [1.165, 1.54) is 29.5 Å². The second kappa shape index (κ2) is 12.7. The summed E-state index contributed by atoms with van der Waals surface area (Å²) in [6.07, 6.45) is -4.45. The lowest BCUT2D eigenvalue weighted by atomic mass is 10.1. The van der Waals surface area contributed by atoms with Crippen molar-refractivity contribution in [2.75, 3.05) is 37.9 Å². The molecule has 14 heteroatoms. The van der Waals surface area contributed by atoms with Crippen LogP contribution in [-0.4, -0.2) is 58.6 Å². The first-order chi connectivity index (χ1) is 21.6. The number of piperazine rings is 1. The molecule has 0 spiro atoms. The van der Waals surface area contributed by atoms with E-state index in [0.717, 1.165) is 23.4 Å². The fourth-order valence-electron chi connectivity index (χ4n) is 5.36. The molecule has 2 aliphatic heterocycles. The monoisotopic (exact) mass is 639 g/mol. The van der Waals surface area contributed by atoms with Gasteiger partial charge in [0.1, 0.15) is 10.7 Å². The standard InChI is InChI=1S/C31H28F3N5O5S/c32-31(33,34)23-3-1-2-21(14-23)16-36(17-22-4-9-27-28(15-22)44-20-43-27)18-29-35-26(19-45-29)30(40)38-12-10-37(11-13-38)24-5-7-25(8-6-24)39(41)42/h1-9,14-15,19H,10-13,16-18,20H2. The van der Waals surface area contributed by atoms with Crippen molar-refractivity contribution in [2.24, 2.45) is 0 Å². The molecule has 0 unspecified atom stereocenters. The maximum absolute atomic E-state index is 13.4. The van der Waals surface area contributed by atoms with Crippen molar-refractivity contribution in [1.29, 1.82) is 0 Å². The number of fused-ring (bicyclic) bond motifs is 1. The van der Waals surface area contributed by atoms with Crippen LogP contribution in [0.2, 0.25) is 0 Å². The number of carbonyl (C=O) groups is 1. The summed E-state index contributed by atoms with van der Waals surface area (Å²) >= 11 is 1.33. The number of aromatic nitrogens is 1. The largest absolute Gasteiger partial charge is 0.454 e. The summed E-state index contributed by atoms with van der Waals surface area (Å²) < 4.78 is 51.1. The molecule has 1 fully saturated rings. The maximum Gasteiger partial charge on any atom is 0.416 e. The zero-order valence-corrected chi connectivity index (χ0v) is 24.7. The van der Waals surface area contributed by atoms with Crippen molar-refractivity contribution >= 4 is 28.6 Å². The van der Waals surface area contributed by atoms with Gasteiger partial charge in [-0.1, -0.05) is 24.3 Å². The zero-order chi connectivity index (χ0) is 31.6. The third-order valence-corrected chi connectivity index (χ3v) is 8.46. The fourth-order valence-corrected chi connectivity index (χ4v) is 6.17. The second-order valence-corrected chi connectivity index (χ2v) is 11.7. The number of benzene rings is 3. The van der Waals surface area contributed by atoms with Crippen molar-refractivity contribution < 1.29 is 32.4 Å². The molecule has 0 aliphatic carbocycles. The number of nitro groups is 1. The lowest BCUT2D eigenvalue weighted by Crippen LogP contribution is -2.48. The SMILES string of the molecule is O=C(c1csc(CN(Cc2cccc(C(F)(F)F)c2)Cc2ccc3c(c2)OCO3)n1)N1CCN(c2ccc([N+](=O)[O-])cc2)CC1. The van der Waals surface area contributed by atoms with Crippen LogP contribution in [0.3, 0.4) is 0 Å². The van der Waals surface area contributed by atoms with E-state index < -0.39 is 16.7 Å². The van der Waals surface area contributed by atoms with Crippen LogP contribution in [0.15, 0.2) is 72.1 Å². The molecule has 3 heterocycles. The van der Waals surface area contributed by atoms with Crippen molar-refractivity contribution in [3.8, 4) is 11.5 Å². The Morgan fingerprint density at radius 1 is 0.933 bits per heavy atom. The minimum atomic E-state index is -4.45. The molecular formula is C31H28F3N5O5S. The molecule has 2 aliphatic rings. The third-order valence-electron chi connectivity index (χ3n) is 7.63. The van der Waals surface area contributed by atoms with E-state index >= 15 is 0 Å². The lowest BCUT2D eigenvalue weighted by Gasteiger charge is -2.35. The van der Waals surface area contributed by atoms with Gasteiger partial charge in [-0.25, -0.2) is 4.98 Å². The van der Waals surface area contributed by atoms with E-state index in [4.69, 9.17) is 9.47 Å². The average molecular weight is 640 g/mol. The van der Waals surface area contributed by atoms with Crippen LogP contribution in [-0.2, 0) is 25.8 Å². The van der Waals surface area contributed by atoms with Gasteiger partial charge in [0.05, 0.1) is 17.0 Å². The molecule has 1 aromatic heterocycles. The summed E-state index contributed by atoms with van der Waals surface area (Å²) in [5.41, 5.74) is 1.89. The third kappa shape index (κ3) is 7.18. The van der Waals surface area contributed by atoms with Crippen LogP contribution in [0.1, 0.15) is 32.2 Å². The Hall–Kier alpha value is -4.69. The van der Waals surface area contributed by atoms with Gasteiger partial charge in [0, 0.05) is 62.5 Å². The number of anilines is 1. The first kappa shape index (κ1) is 30.3. The highest BCUT2D eigenvalue weighted by atomic mass is 32.1. The molecule has 45 heavy (non-hydrogen) atoms. The summed E-state index contributed by atoms with van der Waals surface area (Å²) in [5.74, 6) is 1.06. The van der Waals surface area contributed by atoms with Crippen LogP contribution in [0.4, 0.5) is 24.5 Å². The molecule has 234 valence electrons. The number of carbonyl (C=O) groups excluding carboxylic acids is 1. The number of amides is 1. The predicted octanol–water partition coefficient (Wildman–Crippen LogP) is 5.96. The van der Waals surface area contributed by atoms with Gasteiger partial charge < -0.3 is 19.3 Å². The normalized spacial score (nSPS) is 14.7. The number of alkyl halides is 3. The van der Waals surface area contributed by atoms with Gasteiger partial charge in [0.15, 0.2) is 11.5 Å². The number of hydrogen-bond acceptors (Lipinski definition) is 9. The molecule has 0 atom stereocenters. The van der Waals surface area contributed by atoms with Gasteiger partial charge in [-0.05, 0) is 41.5 Å². The Kier molecular flexibility index (Phi) is 8.59. The van der Waals surface area contributed by atoms with E-state index in [-0.39, 0.29) is 24.9 Å². The average Bonchev–Trinajstić information content (AvgIpc) is 3.70. The maximum atomic E-state index is 13.4. The first-order valence-electron chi connectivity index (χ1n) is 14.1. The van der Waals surface area contributed by atoms with Crippen LogP contribution in [0.25, 0.3) is 0 Å². The highest BCUT2D eigenvalue weighted by molar-refractivity contribution is 7.09. The number of thiazole rings is 1. The van der Waals surface area contributed by atoms with E-state index in [1.807, 2.05) is 23.1 Å². The molecule has 0 bridgehead atoms. The first-order valence-corrected chi connectivity index (χ1v) is 15.0.